The normalized spacial score (nSPS) is 14.9. The summed E-state index contributed by atoms with van der Waals surface area (Å²) in [5, 5.41) is 7.42. The van der Waals surface area contributed by atoms with Crippen molar-refractivity contribution in [3.8, 4) is 0 Å². The zero-order valence-electron chi connectivity index (χ0n) is 17.4. The Balaban J connectivity index is 1.44. The van der Waals surface area contributed by atoms with Crippen LogP contribution in [0.25, 0.3) is 0 Å². The maximum atomic E-state index is 13.2. The molecule has 0 aliphatic carbocycles. The first-order chi connectivity index (χ1) is 14.5. The van der Waals surface area contributed by atoms with Gasteiger partial charge >= 0.3 is 0 Å². The van der Waals surface area contributed by atoms with Crippen LogP contribution >= 0.6 is 0 Å². The molecule has 1 aromatic carbocycles. The minimum absolute atomic E-state index is 0.00818. The number of benzene rings is 1. The third-order valence-corrected chi connectivity index (χ3v) is 5.70. The molecule has 0 spiro atoms. The maximum absolute atomic E-state index is 13.2. The minimum Gasteiger partial charge on any atom is -0.354 e. The van der Waals surface area contributed by atoms with Crippen LogP contribution in [0.5, 0.6) is 0 Å². The molecular formula is C23H27N5O2. The second kappa shape index (κ2) is 8.18. The van der Waals surface area contributed by atoms with E-state index in [0.717, 1.165) is 11.3 Å². The van der Waals surface area contributed by atoms with Crippen LogP contribution < -0.4 is 5.32 Å². The lowest BCUT2D eigenvalue weighted by molar-refractivity contribution is -0.139. The van der Waals surface area contributed by atoms with E-state index < -0.39 is 5.41 Å². The van der Waals surface area contributed by atoms with Crippen molar-refractivity contribution >= 4 is 11.8 Å². The number of aryl methyl sites for hydroxylation is 2. The number of rotatable bonds is 7. The molecule has 7 heteroatoms. The van der Waals surface area contributed by atoms with Crippen molar-refractivity contribution in [1.29, 1.82) is 0 Å². The molecule has 1 aliphatic rings. The number of aromatic nitrogens is 3. The molecule has 1 aliphatic heterocycles. The molecular weight excluding hydrogens is 378 g/mol. The van der Waals surface area contributed by atoms with E-state index in [-0.39, 0.29) is 11.8 Å². The van der Waals surface area contributed by atoms with Crippen molar-refractivity contribution in [2.24, 2.45) is 12.5 Å². The van der Waals surface area contributed by atoms with Crippen LogP contribution in [0.2, 0.25) is 0 Å². The summed E-state index contributed by atoms with van der Waals surface area (Å²) in [6, 6.07) is 15.6. The molecule has 1 saturated heterocycles. The molecule has 0 unspecified atom stereocenters. The van der Waals surface area contributed by atoms with Gasteiger partial charge in [0.2, 0.25) is 5.91 Å². The number of nitrogens with zero attached hydrogens (tertiary/aromatic N) is 4. The fourth-order valence-corrected chi connectivity index (χ4v) is 4.05. The molecule has 7 nitrogen and oxygen atoms in total. The predicted octanol–water partition coefficient (Wildman–Crippen LogP) is 2.03. The molecule has 0 atom stereocenters. The number of amides is 2. The Bertz CT molecular complexity index is 1030. The number of nitrogens with one attached hydrogen (secondary N) is 1. The fourth-order valence-electron chi connectivity index (χ4n) is 4.05. The number of hydrogen-bond donors (Lipinski definition) is 1. The molecule has 0 radical (unpaired) electrons. The lowest BCUT2D eigenvalue weighted by Crippen LogP contribution is -2.65. The standard InChI is InChI=1S/C23H27N5O2/c1-18-10-13-28(25-18)14-11-24-22(30)23(15-19-7-4-3-5-8-19)16-27(17-23)21(29)20-9-6-12-26(20)2/h3-10,12-13H,11,14-17H2,1-2H3,(H,24,30). The lowest BCUT2D eigenvalue weighted by Gasteiger charge is -2.49. The first-order valence-corrected chi connectivity index (χ1v) is 10.2. The van der Waals surface area contributed by atoms with Gasteiger partial charge in [-0.3, -0.25) is 14.3 Å². The Morgan fingerprint density at radius 1 is 1.07 bits per heavy atom. The third-order valence-electron chi connectivity index (χ3n) is 5.70. The number of carbonyl (C=O) groups is 2. The molecule has 0 bridgehead atoms. The molecule has 2 amide bonds. The Labute approximate surface area is 176 Å². The maximum Gasteiger partial charge on any atom is 0.270 e. The highest BCUT2D eigenvalue weighted by molar-refractivity contribution is 5.96. The largest absolute Gasteiger partial charge is 0.354 e. The van der Waals surface area contributed by atoms with Crippen molar-refractivity contribution in [2.45, 2.75) is 19.9 Å². The summed E-state index contributed by atoms with van der Waals surface area (Å²) in [7, 11) is 1.86. The fraction of sp³-hybridized carbons (Fsp3) is 0.348. The second-order valence-electron chi connectivity index (χ2n) is 8.08. The van der Waals surface area contributed by atoms with Gasteiger partial charge in [-0.1, -0.05) is 30.3 Å². The van der Waals surface area contributed by atoms with Crippen molar-refractivity contribution in [3.63, 3.8) is 0 Å². The summed E-state index contributed by atoms with van der Waals surface area (Å²) < 4.78 is 3.64. The van der Waals surface area contributed by atoms with Gasteiger partial charge < -0.3 is 14.8 Å². The lowest BCUT2D eigenvalue weighted by atomic mass is 9.73. The summed E-state index contributed by atoms with van der Waals surface area (Å²) in [4.78, 5) is 27.8. The van der Waals surface area contributed by atoms with E-state index in [4.69, 9.17) is 0 Å². The monoisotopic (exact) mass is 405 g/mol. The molecule has 156 valence electrons. The molecule has 4 rings (SSSR count). The summed E-state index contributed by atoms with van der Waals surface area (Å²) >= 11 is 0. The van der Waals surface area contributed by atoms with E-state index in [1.807, 2.05) is 84.1 Å². The van der Waals surface area contributed by atoms with Crippen molar-refractivity contribution in [1.82, 2.24) is 24.6 Å². The van der Waals surface area contributed by atoms with Gasteiger partial charge in [-0.2, -0.15) is 5.10 Å². The van der Waals surface area contributed by atoms with Gasteiger partial charge in [0.05, 0.1) is 17.7 Å². The topological polar surface area (TPSA) is 72.2 Å². The van der Waals surface area contributed by atoms with Crippen molar-refractivity contribution < 1.29 is 9.59 Å². The van der Waals surface area contributed by atoms with Crippen LogP contribution in [0.4, 0.5) is 0 Å². The molecule has 0 saturated carbocycles. The van der Waals surface area contributed by atoms with Gasteiger partial charge in [0.25, 0.3) is 5.91 Å². The van der Waals surface area contributed by atoms with Crippen molar-refractivity contribution in [2.75, 3.05) is 19.6 Å². The van der Waals surface area contributed by atoms with Crippen LogP contribution in [0.1, 0.15) is 21.7 Å². The van der Waals surface area contributed by atoms with E-state index in [1.165, 1.54) is 0 Å². The average Bonchev–Trinajstić information content (AvgIpc) is 3.32. The Morgan fingerprint density at radius 2 is 1.83 bits per heavy atom. The highest BCUT2D eigenvalue weighted by atomic mass is 16.2. The van der Waals surface area contributed by atoms with E-state index >= 15 is 0 Å². The average molecular weight is 406 g/mol. The van der Waals surface area contributed by atoms with Gasteiger partial charge in [0.1, 0.15) is 5.69 Å². The highest BCUT2D eigenvalue weighted by Crippen LogP contribution is 2.35. The van der Waals surface area contributed by atoms with E-state index in [9.17, 15) is 9.59 Å². The van der Waals surface area contributed by atoms with Crippen LogP contribution in [-0.2, 0) is 24.8 Å². The van der Waals surface area contributed by atoms with Crippen LogP contribution in [0.3, 0.4) is 0 Å². The summed E-state index contributed by atoms with van der Waals surface area (Å²) in [5.41, 5.74) is 2.08. The molecule has 30 heavy (non-hydrogen) atoms. The van der Waals surface area contributed by atoms with Gasteiger partial charge in [0, 0.05) is 39.1 Å². The number of hydrogen-bond acceptors (Lipinski definition) is 3. The number of likely N-dealkylation sites (tertiary alicyclic amines) is 1. The zero-order chi connectivity index (χ0) is 21.1. The Hall–Kier alpha value is -3.35. The van der Waals surface area contributed by atoms with Gasteiger partial charge in [-0.05, 0) is 37.1 Å². The Kier molecular flexibility index (Phi) is 5.44. The summed E-state index contributed by atoms with van der Waals surface area (Å²) in [6.07, 6.45) is 4.37. The molecule has 1 fully saturated rings. The quantitative estimate of drug-likeness (QED) is 0.654. The summed E-state index contributed by atoms with van der Waals surface area (Å²) in [5.74, 6) is -0.0443. The molecule has 2 aromatic heterocycles. The SMILES string of the molecule is Cc1ccn(CCNC(=O)C2(Cc3ccccc3)CN(C(=O)c3cccn3C)C2)n1. The smallest absolute Gasteiger partial charge is 0.270 e. The zero-order valence-corrected chi connectivity index (χ0v) is 17.4. The van der Waals surface area contributed by atoms with E-state index in [2.05, 4.69) is 10.4 Å². The minimum atomic E-state index is -0.609. The van der Waals surface area contributed by atoms with Gasteiger partial charge in [-0.25, -0.2) is 0 Å². The summed E-state index contributed by atoms with van der Waals surface area (Å²) in [6.45, 7) is 3.89. The van der Waals surface area contributed by atoms with Crippen LogP contribution in [0.15, 0.2) is 60.9 Å². The number of carbonyl (C=O) groups excluding carboxylic acids is 2. The third kappa shape index (κ3) is 4.01. The van der Waals surface area contributed by atoms with Crippen molar-refractivity contribution in [3.05, 3.63) is 77.9 Å². The van der Waals surface area contributed by atoms with E-state index in [0.29, 0.717) is 38.3 Å². The van der Waals surface area contributed by atoms with Gasteiger partial charge in [0.15, 0.2) is 0 Å². The van der Waals surface area contributed by atoms with Crippen LogP contribution in [-0.4, -0.2) is 50.7 Å². The van der Waals surface area contributed by atoms with E-state index in [1.54, 1.807) is 4.90 Å². The molecule has 3 aromatic rings. The second-order valence-corrected chi connectivity index (χ2v) is 8.08. The first-order valence-electron chi connectivity index (χ1n) is 10.2. The van der Waals surface area contributed by atoms with Crippen LogP contribution in [0, 0.1) is 12.3 Å². The highest BCUT2D eigenvalue weighted by Gasteiger charge is 2.51. The Morgan fingerprint density at radius 3 is 2.47 bits per heavy atom. The molecule has 3 heterocycles. The first kappa shape index (κ1) is 19.9. The predicted molar refractivity (Wildman–Crippen MR) is 114 cm³/mol. The molecule has 1 N–H and O–H groups in total. The van der Waals surface area contributed by atoms with Gasteiger partial charge in [-0.15, -0.1) is 0 Å².